The van der Waals surface area contributed by atoms with Gasteiger partial charge in [0.05, 0.1) is 0 Å². The van der Waals surface area contributed by atoms with E-state index in [4.69, 9.17) is 4.74 Å². The van der Waals surface area contributed by atoms with E-state index in [0.29, 0.717) is 5.56 Å². The second kappa shape index (κ2) is 5.74. The maximum atomic E-state index is 13.0. The fraction of sp³-hybridized carbons (Fsp3) is 0. The molecule has 0 aliphatic carbocycles. The van der Waals surface area contributed by atoms with E-state index < -0.39 is 5.97 Å². The van der Waals surface area contributed by atoms with E-state index in [1.165, 1.54) is 24.3 Å². The Balaban J connectivity index is 1.76. The summed E-state index contributed by atoms with van der Waals surface area (Å²) in [5.41, 5.74) is 1.68. The summed E-state index contributed by atoms with van der Waals surface area (Å²) in [6.07, 6.45) is 1.71. The molecule has 0 atom stereocenters. The van der Waals surface area contributed by atoms with Crippen LogP contribution < -0.4 is 0 Å². The highest BCUT2D eigenvalue weighted by Gasteiger charge is 2.24. The number of rotatable bonds is 2. The number of ether oxygens (including phenoxy) is 1. The highest BCUT2D eigenvalue weighted by Crippen LogP contribution is 2.24. The van der Waals surface area contributed by atoms with Crippen molar-refractivity contribution < 1.29 is 13.9 Å². The highest BCUT2D eigenvalue weighted by molar-refractivity contribution is 6.13. The Hall–Kier alpha value is -3.27. The van der Waals surface area contributed by atoms with Gasteiger partial charge in [-0.1, -0.05) is 42.5 Å². The first-order chi connectivity index (χ1) is 11.7. The quantitative estimate of drug-likeness (QED) is 0.521. The second-order valence-electron chi connectivity index (χ2n) is 5.41. The molecule has 0 radical (unpaired) electrons. The second-order valence-corrected chi connectivity index (χ2v) is 5.41. The lowest BCUT2D eigenvalue weighted by molar-refractivity contribution is -0.129. The maximum Gasteiger partial charge on any atom is 0.363 e. The van der Waals surface area contributed by atoms with Crippen molar-refractivity contribution in [2.45, 2.75) is 0 Å². The molecule has 0 amide bonds. The monoisotopic (exact) mass is 317 g/mol. The lowest BCUT2D eigenvalue weighted by atomic mass is 10.0. The average Bonchev–Trinajstić information content (AvgIpc) is 2.97. The first kappa shape index (κ1) is 14.3. The number of aliphatic imine (C=N–C) groups is 1. The van der Waals surface area contributed by atoms with E-state index in [1.807, 2.05) is 42.5 Å². The summed E-state index contributed by atoms with van der Waals surface area (Å²) in [4.78, 5) is 16.3. The Kier molecular flexibility index (Phi) is 3.43. The number of nitrogens with zero attached hydrogens (tertiary/aromatic N) is 1. The van der Waals surface area contributed by atoms with Crippen molar-refractivity contribution in [2.24, 2.45) is 4.99 Å². The molecule has 0 N–H and O–H groups in total. The van der Waals surface area contributed by atoms with Gasteiger partial charge in [-0.15, -0.1) is 0 Å². The molecule has 3 aromatic carbocycles. The Labute approximate surface area is 137 Å². The summed E-state index contributed by atoms with van der Waals surface area (Å²) in [6.45, 7) is 0. The molecule has 4 heteroatoms. The van der Waals surface area contributed by atoms with Crippen molar-refractivity contribution in [2.75, 3.05) is 0 Å². The molecule has 1 aliphatic rings. The summed E-state index contributed by atoms with van der Waals surface area (Å²) in [6, 6.07) is 19.5. The molecule has 24 heavy (non-hydrogen) atoms. The number of benzene rings is 3. The van der Waals surface area contributed by atoms with E-state index >= 15 is 0 Å². The van der Waals surface area contributed by atoms with Gasteiger partial charge in [0.2, 0.25) is 5.90 Å². The number of halogens is 1. The van der Waals surface area contributed by atoms with Crippen molar-refractivity contribution >= 4 is 28.7 Å². The van der Waals surface area contributed by atoms with Gasteiger partial charge < -0.3 is 4.74 Å². The molecular weight excluding hydrogens is 305 g/mol. The predicted molar refractivity (Wildman–Crippen MR) is 91.0 cm³/mol. The van der Waals surface area contributed by atoms with Crippen LogP contribution >= 0.6 is 0 Å². The molecule has 0 saturated carbocycles. The van der Waals surface area contributed by atoms with Crippen LogP contribution in [0.4, 0.5) is 4.39 Å². The lowest BCUT2D eigenvalue weighted by Gasteiger charge is -2.01. The summed E-state index contributed by atoms with van der Waals surface area (Å²) < 4.78 is 18.2. The first-order valence-electron chi connectivity index (χ1n) is 7.47. The van der Waals surface area contributed by atoms with Crippen LogP contribution in [0, 0.1) is 5.82 Å². The molecule has 0 fully saturated rings. The third-order valence-corrected chi connectivity index (χ3v) is 3.83. The minimum Gasteiger partial charge on any atom is -0.402 e. The van der Waals surface area contributed by atoms with Crippen molar-refractivity contribution in [1.29, 1.82) is 0 Å². The minimum absolute atomic E-state index is 0.187. The zero-order valence-electron chi connectivity index (χ0n) is 12.6. The Bertz CT molecular complexity index is 998. The van der Waals surface area contributed by atoms with Gasteiger partial charge in [-0.05, 0) is 46.7 Å². The number of carbonyl (C=O) groups is 1. The van der Waals surface area contributed by atoms with E-state index in [-0.39, 0.29) is 17.4 Å². The van der Waals surface area contributed by atoms with Crippen LogP contribution in [0.1, 0.15) is 11.1 Å². The van der Waals surface area contributed by atoms with E-state index in [1.54, 1.807) is 6.08 Å². The van der Waals surface area contributed by atoms with Crippen LogP contribution in [0.15, 0.2) is 77.4 Å². The zero-order valence-corrected chi connectivity index (χ0v) is 12.6. The predicted octanol–water partition coefficient (Wildman–Crippen LogP) is 4.32. The number of cyclic esters (lactones) is 1. The van der Waals surface area contributed by atoms with Gasteiger partial charge in [0.1, 0.15) is 5.82 Å². The fourth-order valence-electron chi connectivity index (χ4n) is 2.65. The highest BCUT2D eigenvalue weighted by atomic mass is 19.1. The third kappa shape index (κ3) is 2.58. The summed E-state index contributed by atoms with van der Waals surface area (Å²) >= 11 is 0. The Morgan fingerprint density at radius 3 is 2.50 bits per heavy atom. The average molecular weight is 317 g/mol. The number of hydrogen-bond donors (Lipinski definition) is 0. The molecule has 3 nitrogen and oxygen atoms in total. The standard InChI is InChI=1S/C20H12FNO2/c21-16-10-8-14(9-11-16)19-22-18(20(23)24-19)12-15-6-3-5-13-4-1-2-7-17(13)15/h1-12H. The lowest BCUT2D eigenvalue weighted by Crippen LogP contribution is -2.05. The van der Waals surface area contributed by atoms with E-state index in [9.17, 15) is 9.18 Å². The van der Waals surface area contributed by atoms with Gasteiger partial charge in [-0.25, -0.2) is 14.2 Å². The van der Waals surface area contributed by atoms with Crippen molar-refractivity contribution in [1.82, 2.24) is 0 Å². The minimum atomic E-state index is -0.512. The van der Waals surface area contributed by atoms with Gasteiger partial charge in [-0.3, -0.25) is 0 Å². The van der Waals surface area contributed by atoms with Gasteiger partial charge in [0.15, 0.2) is 5.70 Å². The van der Waals surface area contributed by atoms with Gasteiger partial charge in [0, 0.05) is 5.56 Å². The molecule has 0 saturated heterocycles. The van der Waals surface area contributed by atoms with Crippen molar-refractivity contribution in [3.05, 3.63) is 89.4 Å². The van der Waals surface area contributed by atoms with Crippen molar-refractivity contribution in [3.8, 4) is 0 Å². The molecule has 0 bridgehead atoms. The van der Waals surface area contributed by atoms with Crippen LogP contribution in [-0.2, 0) is 9.53 Å². The summed E-state index contributed by atoms with van der Waals surface area (Å²) in [7, 11) is 0. The van der Waals surface area contributed by atoms with Crippen LogP contribution in [0.2, 0.25) is 0 Å². The first-order valence-corrected chi connectivity index (χ1v) is 7.47. The SMILES string of the molecule is O=C1OC(c2ccc(F)cc2)=NC1=Cc1cccc2ccccc12. The molecule has 1 heterocycles. The zero-order chi connectivity index (χ0) is 16.5. The van der Waals surface area contributed by atoms with Crippen LogP contribution in [0.3, 0.4) is 0 Å². The summed E-state index contributed by atoms with van der Waals surface area (Å²) in [5, 5.41) is 2.12. The van der Waals surface area contributed by atoms with Crippen molar-refractivity contribution in [3.63, 3.8) is 0 Å². The molecule has 0 spiro atoms. The normalized spacial score (nSPS) is 15.6. The Morgan fingerprint density at radius 1 is 0.917 bits per heavy atom. The molecule has 3 aromatic rings. The van der Waals surface area contributed by atoms with Gasteiger partial charge in [-0.2, -0.15) is 0 Å². The maximum absolute atomic E-state index is 13.0. The topological polar surface area (TPSA) is 38.7 Å². The number of esters is 1. The van der Waals surface area contributed by atoms with Gasteiger partial charge in [0.25, 0.3) is 0 Å². The van der Waals surface area contributed by atoms with Crippen LogP contribution in [0.25, 0.3) is 16.8 Å². The number of fused-ring (bicyclic) bond motifs is 1. The fourth-order valence-corrected chi connectivity index (χ4v) is 2.65. The largest absolute Gasteiger partial charge is 0.402 e. The Morgan fingerprint density at radius 2 is 1.67 bits per heavy atom. The van der Waals surface area contributed by atoms with Crippen LogP contribution in [-0.4, -0.2) is 11.9 Å². The van der Waals surface area contributed by atoms with Gasteiger partial charge >= 0.3 is 5.97 Å². The van der Waals surface area contributed by atoms with E-state index in [0.717, 1.165) is 16.3 Å². The molecule has 4 rings (SSSR count). The van der Waals surface area contributed by atoms with E-state index in [2.05, 4.69) is 4.99 Å². The third-order valence-electron chi connectivity index (χ3n) is 3.83. The number of hydrogen-bond acceptors (Lipinski definition) is 3. The molecule has 0 aromatic heterocycles. The number of carbonyl (C=O) groups excluding carboxylic acids is 1. The molecule has 116 valence electrons. The molecule has 1 aliphatic heterocycles. The smallest absolute Gasteiger partial charge is 0.363 e. The summed E-state index contributed by atoms with van der Waals surface area (Å²) in [5.74, 6) is -0.677. The molecular formula is C20H12FNO2. The molecule has 0 unspecified atom stereocenters. The van der Waals surface area contributed by atoms with Crippen LogP contribution in [0.5, 0.6) is 0 Å².